The molecule has 1 aliphatic heterocycles. The van der Waals surface area contributed by atoms with Gasteiger partial charge in [0, 0.05) is 31.7 Å². The lowest BCUT2D eigenvalue weighted by Gasteiger charge is -2.37. The predicted molar refractivity (Wildman–Crippen MR) is 121 cm³/mol. The first kappa shape index (κ1) is 25.4. The summed E-state index contributed by atoms with van der Waals surface area (Å²) in [7, 11) is 1.58. The number of fused-ring (bicyclic) bond motifs is 1. The molecule has 176 valence electrons. The van der Waals surface area contributed by atoms with Gasteiger partial charge in [-0.2, -0.15) is 0 Å². The highest BCUT2D eigenvalue weighted by Gasteiger charge is 2.56. The zero-order valence-electron chi connectivity index (χ0n) is 20.2. The molecule has 7 nitrogen and oxygen atoms in total. The molecular formula is C24H41N3O4. The summed E-state index contributed by atoms with van der Waals surface area (Å²) < 4.78 is 0. The summed E-state index contributed by atoms with van der Waals surface area (Å²) in [5, 5.41) is 15.1. The lowest BCUT2D eigenvalue weighted by Crippen LogP contribution is -2.54. The van der Waals surface area contributed by atoms with E-state index in [4.69, 9.17) is 0 Å². The minimum atomic E-state index is -0.647. The number of rotatable bonds is 8. The molecule has 0 saturated carbocycles. The Hall–Kier alpha value is -1.89. The number of unbranched alkanes of at least 4 members (excludes halogenated alkanes) is 1. The van der Waals surface area contributed by atoms with Crippen LogP contribution in [0.25, 0.3) is 0 Å². The molecule has 0 unspecified atom stereocenters. The Kier molecular flexibility index (Phi) is 7.95. The van der Waals surface area contributed by atoms with E-state index in [-0.39, 0.29) is 41.6 Å². The number of hydrogen-bond donors (Lipinski definition) is 3. The highest BCUT2D eigenvalue weighted by molar-refractivity contribution is 5.96. The van der Waals surface area contributed by atoms with E-state index >= 15 is 0 Å². The summed E-state index contributed by atoms with van der Waals surface area (Å²) in [6.07, 6.45) is 5.89. The average molecular weight is 436 g/mol. The lowest BCUT2D eigenvalue weighted by atomic mass is 9.70. The molecule has 1 heterocycles. The predicted octanol–water partition coefficient (Wildman–Crippen LogP) is 2.10. The van der Waals surface area contributed by atoms with E-state index in [1.807, 2.05) is 32.9 Å². The first-order valence-electron chi connectivity index (χ1n) is 11.5. The fourth-order valence-corrected chi connectivity index (χ4v) is 5.57. The fraction of sp³-hybridized carbons (Fsp3) is 0.792. The highest BCUT2D eigenvalue weighted by atomic mass is 16.3. The van der Waals surface area contributed by atoms with Crippen molar-refractivity contribution >= 4 is 17.7 Å². The van der Waals surface area contributed by atoms with Crippen molar-refractivity contribution in [3.63, 3.8) is 0 Å². The Bertz CT molecular complexity index is 710. The van der Waals surface area contributed by atoms with E-state index in [2.05, 4.69) is 31.4 Å². The summed E-state index contributed by atoms with van der Waals surface area (Å²) in [5.41, 5.74) is -0.394. The number of nitrogens with zero attached hydrogens (tertiary/aromatic N) is 1. The molecule has 3 N–H and O–H groups in total. The molecule has 1 fully saturated rings. The fourth-order valence-electron chi connectivity index (χ4n) is 5.57. The van der Waals surface area contributed by atoms with Crippen LogP contribution in [0.5, 0.6) is 0 Å². The molecule has 31 heavy (non-hydrogen) atoms. The van der Waals surface area contributed by atoms with Gasteiger partial charge in [0.1, 0.15) is 6.04 Å². The van der Waals surface area contributed by atoms with Crippen LogP contribution in [0.15, 0.2) is 12.2 Å². The van der Waals surface area contributed by atoms with Gasteiger partial charge in [-0.3, -0.25) is 14.4 Å². The SMILES string of the molecule is CNC(=O)[C@H]1[C@@H]2C(=O)N(CCCCO)[C@H](C(=O)NC(C)(C)CC(C)(C)C)[C@H]2C=C[C@H]1C. The van der Waals surface area contributed by atoms with Crippen LogP contribution in [0.1, 0.15) is 60.8 Å². The summed E-state index contributed by atoms with van der Waals surface area (Å²) in [4.78, 5) is 41.3. The normalized spacial score (nSPS) is 28.5. The van der Waals surface area contributed by atoms with E-state index in [9.17, 15) is 19.5 Å². The van der Waals surface area contributed by atoms with Gasteiger partial charge in [0.05, 0.1) is 11.8 Å². The van der Waals surface area contributed by atoms with Gasteiger partial charge in [-0.25, -0.2) is 0 Å². The Morgan fingerprint density at radius 3 is 2.29 bits per heavy atom. The van der Waals surface area contributed by atoms with Crippen LogP contribution < -0.4 is 10.6 Å². The number of aliphatic hydroxyl groups is 1. The number of aliphatic hydroxyl groups excluding tert-OH is 1. The largest absolute Gasteiger partial charge is 0.396 e. The third-order valence-electron chi connectivity index (χ3n) is 6.33. The summed E-state index contributed by atoms with van der Waals surface area (Å²) >= 11 is 0. The van der Waals surface area contributed by atoms with Crippen molar-refractivity contribution in [2.45, 2.75) is 72.4 Å². The molecule has 0 spiro atoms. The van der Waals surface area contributed by atoms with Crippen molar-refractivity contribution in [3.8, 4) is 0 Å². The van der Waals surface area contributed by atoms with E-state index < -0.39 is 23.4 Å². The second-order valence-corrected chi connectivity index (χ2v) is 11.0. The quantitative estimate of drug-likeness (QED) is 0.402. The molecule has 1 saturated heterocycles. The van der Waals surface area contributed by atoms with Gasteiger partial charge in [-0.15, -0.1) is 0 Å². The summed E-state index contributed by atoms with van der Waals surface area (Å²) in [6.45, 7) is 12.8. The molecule has 0 bridgehead atoms. The Balaban J connectivity index is 2.37. The lowest BCUT2D eigenvalue weighted by molar-refractivity contribution is -0.141. The van der Waals surface area contributed by atoms with E-state index in [0.29, 0.717) is 19.4 Å². The second-order valence-electron chi connectivity index (χ2n) is 11.0. The van der Waals surface area contributed by atoms with Crippen molar-refractivity contribution in [2.75, 3.05) is 20.2 Å². The topological polar surface area (TPSA) is 98.7 Å². The molecule has 2 aliphatic rings. The third-order valence-corrected chi connectivity index (χ3v) is 6.33. The van der Waals surface area contributed by atoms with Crippen molar-refractivity contribution in [1.82, 2.24) is 15.5 Å². The monoisotopic (exact) mass is 435 g/mol. The minimum absolute atomic E-state index is 0.0378. The minimum Gasteiger partial charge on any atom is -0.396 e. The Morgan fingerprint density at radius 1 is 1.10 bits per heavy atom. The molecule has 0 aromatic heterocycles. The van der Waals surface area contributed by atoms with Crippen LogP contribution in [0, 0.1) is 29.1 Å². The number of nitrogens with one attached hydrogen (secondary N) is 2. The van der Waals surface area contributed by atoms with Crippen molar-refractivity contribution in [1.29, 1.82) is 0 Å². The van der Waals surface area contributed by atoms with Gasteiger partial charge in [-0.1, -0.05) is 39.8 Å². The summed E-state index contributed by atoms with van der Waals surface area (Å²) in [6, 6.07) is -0.647. The van der Waals surface area contributed by atoms with Crippen LogP contribution in [-0.2, 0) is 14.4 Å². The average Bonchev–Trinajstić information content (AvgIpc) is 2.91. The van der Waals surface area contributed by atoms with Crippen LogP contribution in [0.2, 0.25) is 0 Å². The van der Waals surface area contributed by atoms with Crippen LogP contribution in [-0.4, -0.2) is 59.5 Å². The van der Waals surface area contributed by atoms with Gasteiger partial charge < -0.3 is 20.6 Å². The van der Waals surface area contributed by atoms with Gasteiger partial charge >= 0.3 is 0 Å². The van der Waals surface area contributed by atoms with Gasteiger partial charge in [0.15, 0.2) is 0 Å². The Labute approximate surface area is 187 Å². The molecule has 7 heteroatoms. The highest BCUT2D eigenvalue weighted by Crippen LogP contribution is 2.44. The van der Waals surface area contributed by atoms with Gasteiger partial charge in [0.2, 0.25) is 17.7 Å². The maximum Gasteiger partial charge on any atom is 0.243 e. The van der Waals surface area contributed by atoms with Crippen LogP contribution in [0.4, 0.5) is 0 Å². The van der Waals surface area contributed by atoms with Gasteiger partial charge in [0.25, 0.3) is 0 Å². The number of carbonyl (C=O) groups excluding carboxylic acids is 3. The number of likely N-dealkylation sites (tertiary alicyclic amines) is 1. The van der Waals surface area contributed by atoms with E-state index in [1.165, 1.54) is 0 Å². The molecule has 0 radical (unpaired) electrons. The number of amides is 3. The van der Waals surface area contributed by atoms with Crippen LogP contribution in [0.3, 0.4) is 0 Å². The van der Waals surface area contributed by atoms with Crippen LogP contribution >= 0.6 is 0 Å². The number of hydrogen-bond acceptors (Lipinski definition) is 4. The first-order chi connectivity index (χ1) is 14.3. The maximum atomic E-state index is 13.5. The zero-order valence-corrected chi connectivity index (χ0v) is 20.2. The van der Waals surface area contributed by atoms with Crippen molar-refractivity contribution in [2.24, 2.45) is 29.1 Å². The van der Waals surface area contributed by atoms with E-state index in [0.717, 1.165) is 6.42 Å². The first-order valence-corrected chi connectivity index (χ1v) is 11.5. The Morgan fingerprint density at radius 2 is 1.74 bits per heavy atom. The standard InChI is InChI=1S/C24H41N3O4/c1-15-10-11-16-18(17(15)20(29)25-7)22(31)27(12-8-9-13-28)19(16)21(30)26-24(5,6)14-23(2,3)4/h10-11,15-19,28H,8-9,12-14H2,1-7H3,(H,25,29)(H,26,30)/t15-,16+,17-,18-,19+/m1/s1. The molecule has 3 amide bonds. The second kappa shape index (κ2) is 9.72. The molecular weight excluding hydrogens is 394 g/mol. The third kappa shape index (κ3) is 5.88. The molecule has 0 aromatic carbocycles. The zero-order chi connectivity index (χ0) is 23.6. The maximum absolute atomic E-state index is 13.5. The van der Waals surface area contributed by atoms with Crippen molar-refractivity contribution < 1.29 is 19.5 Å². The molecule has 2 rings (SSSR count). The molecule has 1 aliphatic carbocycles. The number of allylic oxidation sites excluding steroid dienone is 1. The van der Waals surface area contributed by atoms with E-state index in [1.54, 1.807) is 11.9 Å². The van der Waals surface area contributed by atoms with Crippen molar-refractivity contribution in [3.05, 3.63) is 12.2 Å². The van der Waals surface area contributed by atoms with Gasteiger partial charge in [-0.05, 0) is 44.4 Å². The summed E-state index contributed by atoms with van der Waals surface area (Å²) in [5.74, 6) is -1.93. The molecule has 0 aromatic rings. The molecule has 5 atom stereocenters. The number of carbonyl (C=O) groups is 3. The smallest absolute Gasteiger partial charge is 0.243 e.